The molecule has 1 N–H and O–H groups in total. The zero-order valence-electron chi connectivity index (χ0n) is 13.9. The SMILES string of the molecule is CCC(CC)(NCCCS(=O)(=O)N(C)C)c1ccc(Cl)cc1. The number of benzene rings is 1. The first-order chi connectivity index (χ1) is 10.3. The Hall–Kier alpha value is -0.620. The average molecular weight is 347 g/mol. The number of nitrogens with zero attached hydrogens (tertiary/aromatic N) is 1. The number of hydrogen-bond donors (Lipinski definition) is 1. The summed E-state index contributed by atoms with van der Waals surface area (Å²) in [5.41, 5.74) is 1.06. The van der Waals surface area contributed by atoms with Gasteiger partial charge in [0.15, 0.2) is 0 Å². The second-order valence-corrected chi connectivity index (χ2v) is 8.41. The quantitative estimate of drug-likeness (QED) is 0.698. The molecule has 0 heterocycles. The van der Waals surface area contributed by atoms with Crippen LogP contribution in [0.3, 0.4) is 0 Å². The molecule has 0 saturated carbocycles. The largest absolute Gasteiger partial charge is 0.307 e. The molecule has 0 saturated heterocycles. The van der Waals surface area contributed by atoms with Crippen molar-refractivity contribution >= 4 is 21.6 Å². The number of rotatable bonds is 9. The van der Waals surface area contributed by atoms with Crippen LogP contribution in [0.4, 0.5) is 0 Å². The van der Waals surface area contributed by atoms with Crippen LogP contribution in [0.15, 0.2) is 24.3 Å². The van der Waals surface area contributed by atoms with E-state index < -0.39 is 10.0 Å². The van der Waals surface area contributed by atoms with Crippen molar-refractivity contribution in [2.24, 2.45) is 0 Å². The summed E-state index contributed by atoms with van der Waals surface area (Å²) in [7, 11) is 0.0129. The normalized spacial score (nSPS) is 12.8. The van der Waals surface area contributed by atoms with E-state index in [-0.39, 0.29) is 11.3 Å². The maximum absolute atomic E-state index is 11.8. The van der Waals surface area contributed by atoms with Crippen LogP contribution in [0.5, 0.6) is 0 Å². The topological polar surface area (TPSA) is 49.4 Å². The molecule has 6 heteroatoms. The third-order valence-electron chi connectivity index (χ3n) is 4.20. The summed E-state index contributed by atoms with van der Waals surface area (Å²) in [6, 6.07) is 7.88. The second kappa shape index (κ2) is 8.29. The van der Waals surface area contributed by atoms with Crippen LogP contribution in [-0.4, -0.2) is 39.1 Å². The Morgan fingerprint density at radius 3 is 2.14 bits per heavy atom. The first kappa shape index (κ1) is 19.4. The number of nitrogens with one attached hydrogen (secondary N) is 1. The van der Waals surface area contributed by atoms with E-state index in [0.717, 1.165) is 17.9 Å². The summed E-state index contributed by atoms with van der Waals surface area (Å²) in [5, 5.41) is 4.28. The van der Waals surface area contributed by atoms with Crippen LogP contribution in [-0.2, 0) is 15.6 Å². The Bertz CT molecular complexity index is 552. The number of halogens is 1. The lowest BCUT2D eigenvalue weighted by Crippen LogP contribution is -2.42. The molecule has 0 radical (unpaired) electrons. The fourth-order valence-electron chi connectivity index (χ4n) is 2.54. The van der Waals surface area contributed by atoms with E-state index in [1.165, 1.54) is 9.87 Å². The highest BCUT2D eigenvalue weighted by Crippen LogP contribution is 2.29. The lowest BCUT2D eigenvalue weighted by molar-refractivity contribution is 0.309. The predicted molar refractivity (Wildman–Crippen MR) is 93.8 cm³/mol. The lowest BCUT2D eigenvalue weighted by Gasteiger charge is -2.34. The number of sulfonamides is 1. The van der Waals surface area contributed by atoms with E-state index in [0.29, 0.717) is 13.0 Å². The molecule has 0 amide bonds. The Morgan fingerprint density at radius 2 is 1.68 bits per heavy atom. The van der Waals surface area contributed by atoms with Gasteiger partial charge in [-0.25, -0.2) is 12.7 Å². The molecule has 1 aromatic carbocycles. The Balaban J connectivity index is 2.71. The van der Waals surface area contributed by atoms with E-state index >= 15 is 0 Å². The van der Waals surface area contributed by atoms with Crippen LogP contribution < -0.4 is 5.32 Å². The van der Waals surface area contributed by atoms with Crippen molar-refractivity contribution in [3.05, 3.63) is 34.9 Å². The van der Waals surface area contributed by atoms with Gasteiger partial charge in [-0.2, -0.15) is 0 Å². The molecule has 0 bridgehead atoms. The van der Waals surface area contributed by atoms with E-state index in [2.05, 4.69) is 19.2 Å². The third-order valence-corrected chi connectivity index (χ3v) is 6.37. The van der Waals surface area contributed by atoms with Crippen molar-refractivity contribution in [3.8, 4) is 0 Å². The van der Waals surface area contributed by atoms with Gasteiger partial charge in [0.2, 0.25) is 10.0 Å². The van der Waals surface area contributed by atoms with Crippen LogP contribution >= 0.6 is 11.6 Å². The zero-order valence-corrected chi connectivity index (χ0v) is 15.5. The highest BCUT2D eigenvalue weighted by atomic mass is 35.5. The van der Waals surface area contributed by atoms with Gasteiger partial charge in [0.05, 0.1) is 5.75 Å². The minimum atomic E-state index is -3.12. The van der Waals surface area contributed by atoms with Gasteiger partial charge in [0.25, 0.3) is 0 Å². The molecule has 0 atom stereocenters. The number of hydrogen-bond acceptors (Lipinski definition) is 3. The Labute approximate surface area is 139 Å². The molecule has 0 aliphatic carbocycles. The third kappa shape index (κ3) is 4.95. The summed E-state index contributed by atoms with van der Waals surface area (Å²) < 4.78 is 24.8. The summed E-state index contributed by atoms with van der Waals surface area (Å²) in [6.07, 6.45) is 2.47. The monoisotopic (exact) mass is 346 g/mol. The summed E-state index contributed by atoms with van der Waals surface area (Å²) in [6.45, 7) is 4.95. The van der Waals surface area contributed by atoms with Gasteiger partial charge in [-0.15, -0.1) is 0 Å². The van der Waals surface area contributed by atoms with Gasteiger partial charge in [0, 0.05) is 24.7 Å². The molecular weight excluding hydrogens is 320 g/mol. The second-order valence-electron chi connectivity index (χ2n) is 5.67. The Kier molecular flexibility index (Phi) is 7.32. The fraction of sp³-hybridized carbons (Fsp3) is 0.625. The molecule has 4 nitrogen and oxygen atoms in total. The first-order valence-electron chi connectivity index (χ1n) is 7.68. The maximum Gasteiger partial charge on any atom is 0.213 e. The van der Waals surface area contributed by atoms with Crippen molar-refractivity contribution in [2.75, 3.05) is 26.4 Å². The highest BCUT2D eigenvalue weighted by Gasteiger charge is 2.27. The van der Waals surface area contributed by atoms with Crippen LogP contribution in [0.25, 0.3) is 0 Å². The Morgan fingerprint density at radius 1 is 1.14 bits per heavy atom. The summed E-state index contributed by atoms with van der Waals surface area (Å²) >= 11 is 5.96. The van der Waals surface area contributed by atoms with Gasteiger partial charge in [-0.3, -0.25) is 0 Å². The van der Waals surface area contributed by atoms with E-state index in [1.807, 2.05) is 24.3 Å². The molecule has 0 aliphatic heterocycles. The standard InChI is InChI=1S/C16H27ClN2O2S/c1-5-16(6-2,14-8-10-15(17)11-9-14)18-12-7-13-22(20,21)19(3)4/h8-11,18H,5-7,12-13H2,1-4H3. The highest BCUT2D eigenvalue weighted by molar-refractivity contribution is 7.89. The van der Waals surface area contributed by atoms with Crippen molar-refractivity contribution in [1.82, 2.24) is 9.62 Å². The summed E-state index contributed by atoms with van der Waals surface area (Å²) in [5.74, 6) is 0.164. The van der Waals surface area contributed by atoms with Crippen LogP contribution in [0.1, 0.15) is 38.7 Å². The average Bonchev–Trinajstić information content (AvgIpc) is 2.49. The van der Waals surface area contributed by atoms with Gasteiger partial charge < -0.3 is 5.32 Å². The molecule has 0 spiro atoms. The van der Waals surface area contributed by atoms with E-state index in [1.54, 1.807) is 14.1 Å². The zero-order chi connectivity index (χ0) is 16.8. The minimum Gasteiger partial charge on any atom is -0.307 e. The fourth-order valence-corrected chi connectivity index (χ4v) is 3.54. The molecule has 0 unspecified atom stereocenters. The molecule has 1 rings (SSSR count). The van der Waals surface area contributed by atoms with E-state index in [9.17, 15) is 8.42 Å². The first-order valence-corrected chi connectivity index (χ1v) is 9.67. The van der Waals surface area contributed by atoms with Gasteiger partial charge in [0.1, 0.15) is 0 Å². The minimum absolute atomic E-state index is 0.132. The molecule has 0 aromatic heterocycles. The van der Waals surface area contributed by atoms with Gasteiger partial charge in [-0.1, -0.05) is 37.6 Å². The molecular formula is C16H27ClN2O2S. The van der Waals surface area contributed by atoms with E-state index in [4.69, 9.17) is 11.6 Å². The van der Waals surface area contributed by atoms with Crippen molar-refractivity contribution in [3.63, 3.8) is 0 Å². The van der Waals surface area contributed by atoms with Crippen molar-refractivity contribution in [1.29, 1.82) is 0 Å². The smallest absolute Gasteiger partial charge is 0.213 e. The van der Waals surface area contributed by atoms with Crippen molar-refractivity contribution < 1.29 is 8.42 Å². The molecule has 22 heavy (non-hydrogen) atoms. The van der Waals surface area contributed by atoms with Crippen molar-refractivity contribution in [2.45, 2.75) is 38.6 Å². The molecule has 0 aliphatic rings. The molecule has 126 valence electrons. The molecule has 1 aromatic rings. The van der Waals surface area contributed by atoms with Gasteiger partial charge >= 0.3 is 0 Å². The maximum atomic E-state index is 11.8. The van der Waals surface area contributed by atoms with Gasteiger partial charge in [-0.05, 0) is 43.5 Å². The predicted octanol–water partition coefficient (Wildman–Crippen LogP) is 3.23. The lowest BCUT2D eigenvalue weighted by atomic mass is 9.84. The summed E-state index contributed by atoms with van der Waals surface area (Å²) in [4.78, 5) is 0. The molecule has 0 fully saturated rings. The van der Waals surface area contributed by atoms with Crippen LogP contribution in [0, 0.1) is 0 Å². The van der Waals surface area contributed by atoms with Crippen LogP contribution in [0.2, 0.25) is 5.02 Å².